The van der Waals surface area contributed by atoms with Crippen molar-refractivity contribution in [1.29, 1.82) is 0 Å². The summed E-state index contributed by atoms with van der Waals surface area (Å²) in [6.45, 7) is 3.56. The van der Waals surface area contributed by atoms with Gasteiger partial charge in [-0.05, 0) is 13.0 Å². The number of nitrogens with zero attached hydrogens (tertiary/aromatic N) is 1. The molecule has 1 aromatic rings. The van der Waals surface area contributed by atoms with Gasteiger partial charge < -0.3 is 4.74 Å². The van der Waals surface area contributed by atoms with Gasteiger partial charge in [0.05, 0.1) is 17.9 Å². The summed E-state index contributed by atoms with van der Waals surface area (Å²) >= 11 is 1.14. The SMILES string of the molecule is CCOC(=O)c1cncc(C#CCSC(C)=O)c1. The van der Waals surface area contributed by atoms with Gasteiger partial charge in [0.25, 0.3) is 0 Å². The van der Waals surface area contributed by atoms with Gasteiger partial charge in [0.1, 0.15) is 0 Å². The maximum Gasteiger partial charge on any atom is 0.339 e. The quantitative estimate of drug-likeness (QED) is 0.615. The number of rotatable bonds is 3. The third-order valence-corrected chi connectivity index (χ3v) is 2.52. The zero-order valence-corrected chi connectivity index (χ0v) is 11.0. The van der Waals surface area contributed by atoms with Gasteiger partial charge in [-0.3, -0.25) is 9.78 Å². The molecule has 0 amide bonds. The highest BCUT2D eigenvalue weighted by Gasteiger charge is 2.06. The van der Waals surface area contributed by atoms with E-state index in [1.165, 1.54) is 13.1 Å². The number of thioether (sulfide) groups is 1. The standard InChI is InChI=1S/C13H13NO3S/c1-3-17-13(16)12-7-11(8-14-9-12)5-4-6-18-10(2)15/h7-9H,3,6H2,1-2H3. The summed E-state index contributed by atoms with van der Waals surface area (Å²) in [5.41, 5.74) is 1.01. The second kappa shape index (κ2) is 7.51. The van der Waals surface area contributed by atoms with Gasteiger partial charge in [-0.2, -0.15) is 0 Å². The van der Waals surface area contributed by atoms with Crippen molar-refractivity contribution < 1.29 is 14.3 Å². The molecule has 0 aliphatic heterocycles. The monoisotopic (exact) mass is 263 g/mol. The van der Waals surface area contributed by atoms with Crippen molar-refractivity contribution in [3.63, 3.8) is 0 Å². The van der Waals surface area contributed by atoms with E-state index in [4.69, 9.17) is 4.74 Å². The zero-order valence-electron chi connectivity index (χ0n) is 10.2. The fraction of sp³-hybridized carbons (Fsp3) is 0.308. The summed E-state index contributed by atoms with van der Waals surface area (Å²) < 4.78 is 4.86. The number of carbonyl (C=O) groups excluding carboxylic acids is 2. The summed E-state index contributed by atoms with van der Waals surface area (Å²) in [5.74, 6) is 5.69. The minimum atomic E-state index is -0.410. The van der Waals surface area contributed by atoms with Gasteiger partial charge in [0.15, 0.2) is 5.12 Å². The second-order valence-electron chi connectivity index (χ2n) is 3.26. The summed E-state index contributed by atoms with van der Waals surface area (Å²) in [7, 11) is 0. The van der Waals surface area contributed by atoms with Crippen molar-refractivity contribution in [2.24, 2.45) is 0 Å². The average molecular weight is 263 g/mol. The van der Waals surface area contributed by atoms with E-state index < -0.39 is 5.97 Å². The van der Waals surface area contributed by atoms with Crippen LogP contribution in [0.4, 0.5) is 0 Å². The highest BCUT2D eigenvalue weighted by molar-refractivity contribution is 8.13. The molecule has 94 valence electrons. The molecule has 0 N–H and O–H groups in total. The lowest BCUT2D eigenvalue weighted by molar-refractivity contribution is -0.109. The minimum absolute atomic E-state index is 0.0303. The molecular weight excluding hydrogens is 250 g/mol. The molecule has 0 bridgehead atoms. The average Bonchev–Trinajstić information content (AvgIpc) is 2.35. The largest absolute Gasteiger partial charge is 0.462 e. The van der Waals surface area contributed by atoms with Crippen LogP contribution in [0.15, 0.2) is 18.5 Å². The van der Waals surface area contributed by atoms with Crippen molar-refractivity contribution in [2.75, 3.05) is 12.4 Å². The van der Waals surface area contributed by atoms with Crippen molar-refractivity contribution in [1.82, 2.24) is 4.98 Å². The zero-order chi connectivity index (χ0) is 13.4. The highest BCUT2D eigenvalue weighted by atomic mass is 32.2. The van der Waals surface area contributed by atoms with E-state index in [-0.39, 0.29) is 5.12 Å². The van der Waals surface area contributed by atoms with Gasteiger partial charge in [0.2, 0.25) is 0 Å². The van der Waals surface area contributed by atoms with Gasteiger partial charge in [-0.25, -0.2) is 4.79 Å². The Bertz CT molecular complexity index is 502. The summed E-state index contributed by atoms with van der Waals surface area (Å²) in [5, 5.41) is 0.0303. The van der Waals surface area contributed by atoms with E-state index in [1.807, 2.05) is 0 Å². The first-order valence-corrected chi connectivity index (χ1v) is 6.36. The van der Waals surface area contributed by atoms with Gasteiger partial charge in [-0.15, -0.1) is 0 Å². The number of aromatic nitrogens is 1. The van der Waals surface area contributed by atoms with E-state index in [2.05, 4.69) is 16.8 Å². The summed E-state index contributed by atoms with van der Waals surface area (Å²) in [6.07, 6.45) is 3.00. The van der Waals surface area contributed by atoms with Crippen LogP contribution in [0.2, 0.25) is 0 Å². The fourth-order valence-corrected chi connectivity index (χ4v) is 1.46. The van der Waals surface area contributed by atoms with Crippen molar-refractivity contribution in [2.45, 2.75) is 13.8 Å². The second-order valence-corrected chi connectivity index (χ2v) is 4.42. The van der Waals surface area contributed by atoms with Crippen LogP contribution in [0.25, 0.3) is 0 Å². The first kappa shape index (κ1) is 14.3. The maximum atomic E-state index is 11.5. The van der Waals surface area contributed by atoms with Crippen LogP contribution in [0.5, 0.6) is 0 Å². The predicted octanol–water partition coefficient (Wildman–Crippen LogP) is 1.89. The molecule has 5 heteroatoms. The molecule has 0 fully saturated rings. The number of pyridine rings is 1. The predicted molar refractivity (Wildman–Crippen MR) is 70.2 cm³/mol. The van der Waals surface area contributed by atoms with Crippen LogP contribution in [0, 0.1) is 11.8 Å². The fourth-order valence-electron chi connectivity index (χ4n) is 1.11. The van der Waals surface area contributed by atoms with E-state index in [9.17, 15) is 9.59 Å². The molecular formula is C13H13NO3S. The lowest BCUT2D eigenvalue weighted by atomic mass is 10.2. The number of hydrogen-bond acceptors (Lipinski definition) is 5. The van der Waals surface area contributed by atoms with E-state index in [1.54, 1.807) is 19.2 Å². The molecule has 1 aromatic heterocycles. The number of hydrogen-bond donors (Lipinski definition) is 0. The summed E-state index contributed by atoms with van der Waals surface area (Å²) in [6, 6.07) is 1.62. The minimum Gasteiger partial charge on any atom is -0.462 e. The molecule has 1 rings (SSSR count). The third kappa shape index (κ3) is 5.02. The number of esters is 1. The van der Waals surface area contributed by atoms with Crippen LogP contribution in [0.3, 0.4) is 0 Å². The molecule has 0 radical (unpaired) electrons. The molecule has 4 nitrogen and oxygen atoms in total. The van der Waals surface area contributed by atoms with E-state index >= 15 is 0 Å². The first-order chi connectivity index (χ1) is 8.63. The molecule has 0 aliphatic rings. The molecule has 1 heterocycles. The van der Waals surface area contributed by atoms with Crippen molar-refractivity contribution >= 4 is 22.8 Å². The van der Waals surface area contributed by atoms with Crippen molar-refractivity contribution in [3.05, 3.63) is 29.6 Å². The van der Waals surface area contributed by atoms with Crippen LogP contribution >= 0.6 is 11.8 Å². The summed E-state index contributed by atoms with van der Waals surface area (Å²) in [4.78, 5) is 26.1. The molecule has 0 unspecified atom stereocenters. The Kier molecular flexibility index (Phi) is 5.95. The molecule has 0 aliphatic carbocycles. The third-order valence-electron chi connectivity index (χ3n) is 1.83. The Hall–Kier alpha value is -1.80. The Morgan fingerprint density at radius 3 is 2.89 bits per heavy atom. The van der Waals surface area contributed by atoms with E-state index in [0.717, 1.165) is 11.8 Å². The smallest absolute Gasteiger partial charge is 0.339 e. The molecule has 0 spiro atoms. The maximum absolute atomic E-state index is 11.5. The lowest BCUT2D eigenvalue weighted by Crippen LogP contribution is -2.05. The van der Waals surface area contributed by atoms with Gasteiger partial charge >= 0.3 is 5.97 Å². The van der Waals surface area contributed by atoms with Crippen LogP contribution in [0.1, 0.15) is 29.8 Å². The number of ether oxygens (including phenoxy) is 1. The lowest BCUT2D eigenvalue weighted by Gasteiger charge is -2.00. The van der Waals surface area contributed by atoms with Crippen LogP contribution in [-0.4, -0.2) is 28.4 Å². The van der Waals surface area contributed by atoms with Gasteiger partial charge in [0, 0.05) is 24.9 Å². The van der Waals surface area contributed by atoms with Crippen LogP contribution in [-0.2, 0) is 9.53 Å². The topological polar surface area (TPSA) is 56.3 Å². The molecule has 0 aromatic carbocycles. The Balaban J connectivity index is 2.70. The molecule has 18 heavy (non-hydrogen) atoms. The molecule has 0 saturated carbocycles. The van der Waals surface area contributed by atoms with Gasteiger partial charge in [-0.1, -0.05) is 23.6 Å². The molecule has 0 saturated heterocycles. The Labute approximate surface area is 110 Å². The number of carbonyl (C=O) groups is 2. The van der Waals surface area contributed by atoms with E-state index in [0.29, 0.717) is 23.5 Å². The Morgan fingerprint density at radius 2 is 2.22 bits per heavy atom. The van der Waals surface area contributed by atoms with Crippen molar-refractivity contribution in [3.8, 4) is 11.8 Å². The first-order valence-electron chi connectivity index (χ1n) is 5.38. The highest BCUT2D eigenvalue weighted by Crippen LogP contribution is 2.04. The Morgan fingerprint density at radius 1 is 1.44 bits per heavy atom. The normalized spacial score (nSPS) is 9.22. The van der Waals surface area contributed by atoms with Crippen LogP contribution < -0.4 is 0 Å². The molecule has 0 atom stereocenters.